The minimum absolute atomic E-state index is 0.200. The fourth-order valence-electron chi connectivity index (χ4n) is 4.43. The highest BCUT2D eigenvalue weighted by Crippen LogP contribution is 2.30. The summed E-state index contributed by atoms with van der Waals surface area (Å²) >= 11 is 0. The van der Waals surface area contributed by atoms with E-state index in [1.165, 1.54) is 0 Å². The molecule has 11 heteroatoms. The molecule has 0 spiro atoms. The monoisotopic (exact) mass is 477 g/mol. The lowest BCUT2D eigenvalue weighted by Crippen LogP contribution is -2.37. The van der Waals surface area contributed by atoms with Gasteiger partial charge in [0.1, 0.15) is 29.6 Å². The maximum absolute atomic E-state index is 13.0. The molecule has 0 saturated carbocycles. The molecule has 3 aromatic rings. The van der Waals surface area contributed by atoms with Crippen molar-refractivity contribution in [3.05, 3.63) is 53.1 Å². The van der Waals surface area contributed by atoms with Crippen molar-refractivity contribution in [3.63, 3.8) is 0 Å². The Labute approximate surface area is 202 Å². The van der Waals surface area contributed by atoms with Crippen LogP contribution in [0.3, 0.4) is 0 Å². The normalized spacial score (nSPS) is 16.5. The summed E-state index contributed by atoms with van der Waals surface area (Å²) in [5.41, 5.74) is 2.78. The molecule has 0 fully saturated rings. The van der Waals surface area contributed by atoms with Gasteiger partial charge in [-0.2, -0.15) is 0 Å². The SMILES string of the molecule is COCCOC(=O)N1CCc2cnc(C(=O)Nc3cccc(-c4nnc5n4[C@H](C)CC5)n3)cc2C1. The van der Waals surface area contributed by atoms with Crippen molar-refractivity contribution >= 4 is 17.8 Å². The molecule has 0 unspecified atom stereocenters. The number of ether oxygens (including phenoxy) is 2. The van der Waals surface area contributed by atoms with Crippen molar-refractivity contribution in [2.75, 3.05) is 32.2 Å². The van der Waals surface area contributed by atoms with Crippen LogP contribution in [0.25, 0.3) is 11.5 Å². The van der Waals surface area contributed by atoms with Gasteiger partial charge in [0.2, 0.25) is 0 Å². The summed E-state index contributed by atoms with van der Waals surface area (Å²) < 4.78 is 12.2. The van der Waals surface area contributed by atoms with Crippen molar-refractivity contribution in [1.29, 1.82) is 0 Å². The number of aryl methyl sites for hydroxylation is 1. The number of carbonyl (C=O) groups excluding carboxylic acids is 2. The third kappa shape index (κ3) is 4.72. The van der Waals surface area contributed by atoms with Crippen LogP contribution in [0.2, 0.25) is 0 Å². The molecule has 5 rings (SSSR count). The predicted molar refractivity (Wildman–Crippen MR) is 126 cm³/mol. The summed E-state index contributed by atoms with van der Waals surface area (Å²) in [5.74, 6) is 1.68. The van der Waals surface area contributed by atoms with E-state index in [2.05, 4.69) is 37.0 Å². The molecule has 2 aliphatic heterocycles. The molecular weight excluding hydrogens is 450 g/mol. The zero-order chi connectivity index (χ0) is 24.4. The molecule has 0 bridgehead atoms. The molecule has 0 aliphatic carbocycles. The average Bonchev–Trinajstić information content (AvgIpc) is 3.46. The number of methoxy groups -OCH3 is 1. The van der Waals surface area contributed by atoms with Gasteiger partial charge in [-0.05, 0) is 49.1 Å². The van der Waals surface area contributed by atoms with Crippen LogP contribution < -0.4 is 5.32 Å². The van der Waals surface area contributed by atoms with Crippen molar-refractivity contribution in [3.8, 4) is 11.5 Å². The van der Waals surface area contributed by atoms with Crippen LogP contribution in [0.1, 0.15) is 46.8 Å². The Balaban J connectivity index is 1.29. The first kappa shape index (κ1) is 22.9. The average molecular weight is 478 g/mol. The Bertz CT molecular complexity index is 1260. The summed E-state index contributed by atoms with van der Waals surface area (Å²) in [6, 6.07) is 7.44. The fourth-order valence-corrected chi connectivity index (χ4v) is 4.43. The summed E-state index contributed by atoms with van der Waals surface area (Å²) in [5, 5.41) is 11.4. The van der Waals surface area contributed by atoms with E-state index >= 15 is 0 Å². The van der Waals surface area contributed by atoms with E-state index in [-0.39, 0.29) is 18.2 Å². The molecule has 1 atom stereocenters. The fraction of sp³-hybridized carbons (Fsp3) is 0.417. The summed E-state index contributed by atoms with van der Waals surface area (Å²) in [7, 11) is 1.55. The Morgan fingerprint density at radius 2 is 2.06 bits per heavy atom. The molecule has 1 N–H and O–H groups in total. The molecule has 2 amide bonds. The van der Waals surface area contributed by atoms with Crippen LogP contribution >= 0.6 is 0 Å². The van der Waals surface area contributed by atoms with Crippen LogP contribution in [-0.4, -0.2) is 68.5 Å². The summed E-state index contributed by atoms with van der Waals surface area (Å²) in [6.45, 7) is 3.57. The third-order valence-electron chi connectivity index (χ3n) is 6.31. The second-order valence-corrected chi connectivity index (χ2v) is 8.68. The quantitative estimate of drug-likeness (QED) is 0.537. The molecule has 11 nitrogen and oxygen atoms in total. The van der Waals surface area contributed by atoms with Crippen LogP contribution in [0.5, 0.6) is 0 Å². The molecule has 182 valence electrons. The van der Waals surface area contributed by atoms with Crippen LogP contribution in [0.4, 0.5) is 10.6 Å². The van der Waals surface area contributed by atoms with Crippen molar-refractivity contribution in [2.45, 2.75) is 38.8 Å². The van der Waals surface area contributed by atoms with E-state index in [9.17, 15) is 9.59 Å². The number of hydrogen-bond acceptors (Lipinski definition) is 8. The van der Waals surface area contributed by atoms with Gasteiger partial charge >= 0.3 is 6.09 Å². The predicted octanol–water partition coefficient (Wildman–Crippen LogP) is 2.64. The van der Waals surface area contributed by atoms with E-state index in [0.717, 1.165) is 29.8 Å². The largest absolute Gasteiger partial charge is 0.447 e. The van der Waals surface area contributed by atoms with E-state index in [1.807, 2.05) is 12.1 Å². The van der Waals surface area contributed by atoms with Gasteiger partial charge in [0, 0.05) is 38.9 Å². The number of aromatic nitrogens is 5. The van der Waals surface area contributed by atoms with Crippen molar-refractivity contribution < 1.29 is 19.1 Å². The Morgan fingerprint density at radius 3 is 2.91 bits per heavy atom. The summed E-state index contributed by atoms with van der Waals surface area (Å²) in [6.07, 6.45) is 3.87. The standard InChI is InChI=1S/C24H27N7O4/c1-15-6-7-21-28-29-22(31(15)21)18-4-3-5-20(26-18)27-23(32)19-12-17-14-30(9-8-16(17)13-25-19)24(33)35-11-10-34-2/h3-5,12-13,15H,6-11,14H2,1-2H3,(H,26,27,32)/t15-/m1/s1. The van der Waals surface area contributed by atoms with Crippen LogP contribution in [0, 0.1) is 0 Å². The molecule has 0 saturated heterocycles. The lowest BCUT2D eigenvalue weighted by Gasteiger charge is -2.28. The first-order chi connectivity index (χ1) is 17.0. The van der Waals surface area contributed by atoms with E-state index in [1.54, 1.807) is 30.3 Å². The first-order valence-corrected chi connectivity index (χ1v) is 11.6. The zero-order valence-electron chi connectivity index (χ0n) is 19.7. The number of anilines is 1. The number of nitrogens with zero attached hydrogens (tertiary/aromatic N) is 6. The second kappa shape index (κ2) is 9.79. The zero-order valence-corrected chi connectivity index (χ0v) is 19.7. The van der Waals surface area contributed by atoms with Crippen molar-refractivity contribution in [2.24, 2.45) is 0 Å². The Kier molecular flexibility index (Phi) is 6.41. The number of amides is 2. The van der Waals surface area contributed by atoms with Gasteiger partial charge in [-0.25, -0.2) is 9.78 Å². The molecule has 2 aliphatic rings. The highest BCUT2D eigenvalue weighted by molar-refractivity contribution is 6.02. The van der Waals surface area contributed by atoms with Crippen LogP contribution in [-0.2, 0) is 28.9 Å². The summed E-state index contributed by atoms with van der Waals surface area (Å²) in [4.78, 5) is 35.8. The lowest BCUT2D eigenvalue weighted by molar-refractivity contribution is 0.0688. The topological polar surface area (TPSA) is 124 Å². The maximum atomic E-state index is 13.0. The van der Waals surface area contributed by atoms with E-state index < -0.39 is 6.09 Å². The third-order valence-corrected chi connectivity index (χ3v) is 6.31. The van der Waals surface area contributed by atoms with Gasteiger partial charge in [0.15, 0.2) is 5.82 Å². The number of nitrogens with one attached hydrogen (secondary N) is 1. The maximum Gasteiger partial charge on any atom is 0.410 e. The number of carbonyl (C=O) groups is 2. The van der Waals surface area contributed by atoms with Gasteiger partial charge < -0.3 is 24.3 Å². The number of pyridine rings is 2. The van der Waals surface area contributed by atoms with Crippen LogP contribution in [0.15, 0.2) is 30.5 Å². The smallest absolute Gasteiger partial charge is 0.410 e. The highest BCUT2D eigenvalue weighted by atomic mass is 16.6. The highest BCUT2D eigenvalue weighted by Gasteiger charge is 2.26. The molecular formula is C24H27N7O4. The molecule has 3 aromatic heterocycles. The molecule has 0 radical (unpaired) electrons. The van der Waals surface area contributed by atoms with E-state index in [0.29, 0.717) is 49.5 Å². The number of rotatable bonds is 6. The number of hydrogen-bond donors (Lipinski definition) is 1. The molecule has 5 heterocycles. The van der Waals surface area contributed by atoms with Gasteiger partial charge in [0.25, 0.3) is 5.91 Å². The molecule has 35 heavy (non-hydrogen) atoms. The Hall–Kier alpha value is -3.86. The van der Waals surface area contributed by atoms with Gasteiger partial charge in [0.05, 0.1) is 6.61 Å². The molecule has 0 aromatic carbocycles. The number of fused-ring (bicyclic) bond motifs is 2. The van der Waals surface area contributed by atoms with Gasteiger partial charge in [-0.1, -0.05) is 6.07 Å². The Morgan fingerprint density at radius 1 is 1.17 bits per heavy atom. The second-order valence-electron chi connectivity index (χ2n) is 8.68. The van der Waals surface area contributed by atoms with Gasteiger partial charge in [-0.3, -0.25) is 9.78 Å². The van der Waals surface area contributed by atoms with Crippen molar-refractivity contribution in [1.82, 2.24) is 29.6 Å². The minimum Gasteiger partial charge on any atom is -0.447 e. The minimum atomic E-state index is -0.397. The lowest BCUT2D eigenvalue weighted by atomic mass is 10.0. The van der Waals surface area contributed by atoms with E-state index in [4.69, 9.17) is 9.47 Å². The van der Waals surface area contributed by atoms with Gasteiger partial charge in [-0.15, -0.1) is 10.2 Å². The first-order valence-electron chi connectivity index (χ1n) is 11.6.